The molecule has 1 spiro atoms. The minimum absolute atomic E-state index is 0.0237. The number of hydrogen-bond donors (Lipinski definition) is 0. The van der Waals surface area contributed by atoms with Gasteiger partial charge in [0.2, 0.25) is 5.91 Å². The van der Waals surface area contributed by atoms with Gasteiger partial charge in [-0.1, -0.05) is 42.1 Å². The molecule has 0 unspecified atom stereocenters. The highest BCUT2D eigenvalue weighted by molar-refractivity contribution is 7.99. The Balaban J connectivity index is 1.88. The second-order valence-electron chi connectivity index (χ2n) is 8.28. The fourth-order valence-corrected chi connectivity index (χ4v) is 5.76. The van der Waals surface area contributed by atoms with Crippen molar-refractivity contribution in [3.8, 4) is 11.3 Å². The molecule has 31 heavy (non-hydrogen) atoms. The Hall–Kier alpha value is -2.38. The molecule has 6 nitrogen and oxygen atoms in total. The highest BCUT2D eigenvalue weighted by Crippen LogP contribution is 2.46. The van der Waals surface area contributed by atoms with Gasteiger partial charge in [0.15, 0.2) is 5.16 Å². The number of benzene rings is 1. The molecule has 1 aliphatic carbocycles. The third-order valence-electron chi connectivity index (χ3n) is 6.46. The van der Waals surface area contributed by atoms with Crippen molar-refractivity contribution in [2.75, 3.05) is 32.6 Å². The van der Waals surface area contributed by atoms with Gasteiger partial charge in [-0.15, -0.1) is 6.58 Å². The lowest BCUT2D eigenvalue weighted by atomic mass is 9.64. The molecular formula is C24H29N3O3S. The van der Waals surface area contributed by atoms with Crippen molar-refractivity contribution in [1.29, 1.82) is 0 Å². The summed E-state index contributed by atoms with van der Waals surface area (Å²) in [5.74, 6) is 0.817. The van der Waals surface area contributed by atoms with Crippen LogP contribution in [-0.4, -0.2) is 52.9 Å². The van der Waals surface area contributed by atoms with Gasteiger partial charge >= 0.3 is 0 Å². The predicted molar refractivity (Wildman–Crippen MR) is 124 cm³/mol. The van der Waals surface area contributed by atoms with E-state index in [9.17, 15) is 9.59 Å². The van der Waals surface area contributed by atoms with Gasteiger partial charge in [-0.2, -0.15) is 0 Å². The SMILES string of the molecule is C=CCn1c(SCCOC)nc2c(c1=O)C1(CCN(C(C)=O)CC1)Cc1ccccc1-2. The third kappa shape index (κ3) is 3.96. The van der Waals surface area contributed by atoms with Crippen molar-refractivity contribution in [2.24, 2.45) is 0 Å². The molecule has 1 amide bonds. The minimum Gasteiger partial charge on any atom is -0.384 e. The van der Waals surface area contributed by atoms with Gasteiger partial charge in [0.25, 0.3) is 5.56 Å². The summed E-state index contributed by atoms with van der Waals surface area (Å²) in [6.07, 6.45) is 4.10. The van der Waals surface area contributed by atoms with Gasteiger partial charge in [-0.25, -0.2) is 4.98 Å². The topological polar surface area (TPSA) is 64.4 Å². The molecule has 0 atom stereocenters. The molecule has 1 saturated heterocycles. The Bertz CT molecular complexity index is 1050. The van der Waals surface area contributed by atoms with Crippen molar-refractivity contribution in [1.82, 2.24) is 14.5 Å². The highest BCUT2D eigenvalue weighted by atomic mass is 32.2. The van der Waals surface area contributed by atoms with E-state index in [0.29, 0.717) is 31.4 Å². The molecule has 0 N–H and O–H groups in total. The van der Waals surface area contributed by atoms with E-state index in [0.717, 1.165) is 41.8 Å². The van der Waals surface area contributed by atoms with Crippen LogP contribution in [0.1, 0.15) is 30.9 Å². The summed E-state index contributed by atoms with van der Waals surface area (Å²) in [6, 6.07) is 8.27. The van der Waals surface area contributed by atoms with Crippen molar-refractivity contribution in [2.45, 2.75) is 43.3 Å². The lowest BCUT2D eigenvalue weighted by Crippen LogP contribution is -2.50. The van der Waals surface area contributed by atoms with Crippen molar-refractivity contribution < 1.29 is 9.53 Å². The predicted octanol–water partition coefficient (Wildman–Crippen LogP) is 3.27. The number of fused-ring (bicyclic) bond motifs is 4. The molecule has 0 radical (unpaired) electrons. The zero-order valence-electron chi connectivity index (χ0n) is 18.2. The number of rotatable bonds is 6. The van der Waals surface area contributed by atoms with Crippen LogP contribution in [0.4, 0.5) is 0 Å². The molecule has 7 heteroatoms. The standard InChI is InChI=1S/C24H29N3O3S/c1-4-11-27-22(29)20-21(25-23(27)31-15-14-30-3)19-8-6-5-7-18(19)16-24(20)9-12-26(13-10-24)17(2)28/h4-8H,1,9-16H2,2-3H3. The van der Waals surface area contributed by atoms with Gasteiger partial charge in [-0.3, -0.25) is 14.2 Å². The highest BCUT2D eigenvalue weighted by Gasteiger charge is 2.45. The third-order valence-corrected chi connectivity index (χ3v) is 7.40. The summed E-state index contributed by atoms with van der Waals surface area (Å²) < 4.78 is 6.94. The number of hydrogen-bond acceptors (Lipinski definition) is 5. The van der Waals surface area contributed by atoms with Crippen LogP contribution in [0, 0.1) is 0 Å². The summed E-state index contributed by atoms with van der Waals surface area (Å²) in [5.41, 5.74) is 3.63. The molecule has 2 aliphatic rings. The van der Waals surface area contributed by atoms with E-state index < -0.39 is 0 Å². The van der Waals surface area contributed by atoms with Gasteiger partial charge < -0.3 is 9.64 Å². The Morgan fingerprint density at radius 2 is 2.06 bits per heavy atom. The van der Waals surface area contributed by atoms with E-state index in [4.69, 9.17) is 9.72 Å². The average molecular weight is 440 g/mol. The molecule has 164 valence electrons. The van der Waals surface area contributed by atoms with Gasteiger partial charge in [0, 0.05) is 50.4 Å². The minimum atomic E-state index is -0.293. The van der Waals surface area contributed by atoms with Crippen molar-refractivity contribution in [3.05, 3.63) is 58.4 Å². The molecule has 1 aliphatic heterocycles. The van der Waals surface area contributed by atoms with Crippen LogP contribution in [-0.2, 0) is 27.9 Å². The smallest absolute Gasteiger partial charge is 0.258 e. The maximum absolute atomic E-state index is 13.9. The van der Waals surface area contributed by atoms with Crippen LogP contribution in [0.3, 0.4) is 0 Å². The van der Waals surface area contributed by atoms with Gasteiger partial charge in [-0.05, 0) is 24.8 Å². The normalized spacial score (nSPS) is 16.6. The molecule has 4 rings (SSSR count). The van der Waals surface area contributed by atoms with E-state index in [2.05, 4.69) is 24.8 Å². The monoisotopic (exact) mass is 439 g/mol. The first kappa shape index (κ1) is 21.8. The molecule has 1 aromatic heterocycles. The Labute approximate surface area is 187 Å². The van der Waals surface area contributed by atoms with Gasteiger partial charge in [0.05, 0.1) is 17.9 Å². The molecule has 0 bridgehead atoms. The lowest BCUT2D eigenvalue weighted by Gasteiger charge is -2.45. The summed E-state index contributed by atoms with van der Waals surface area (Å²) >= 11 is 1.54. The van der Waals surface area contributed by atoms with E-state index in [1.807, 2.05) is 11.0 Å². The lowest BCUT2D eigenvalue weighted by molar-refractivity contribution is -0.130. The fourth-order valence-electron chi connectivity index (χ4n) is 4.86. The van der Waals surface area contributed by atoms with Crippen molar-refractivity contribution in [3.63, 3.8) is 0 Å². The van der Waals surface area contributed by atoms with Gasteiger partial charge in [0.1, 0.15) is 0 Å². The van der Waals surface area contributed by atoms with Crippen LogP contribution >= 0.6 is 11.8 Å². The van der Waals surface area contributed by atoms with Crippen molar-refractivity contribution >= 4 is 17.7 Å². The van der Waals surface area contributed by atoms with E-state index in [-0.39, 0.29) is 16.9 Å². The Morgan fingerprint density at radius 1 is 1.32 bits per heavy atom. The van der Waals surface area contributed by atoms with E-state index in [1.54, 1.807) is 24.7 Å². The number of piperidine rings is 1. The number of allylic oxidation sites excluding steroid dienone is 1. The van der Waals surface area contributed by atoms with Crippen LogP contribution < -0.4 is 5.56 Å². The molecule has 1 aromatic carbocycles. The van der Waals surface area contributed by atoms with E-state index in [1.165, 1.54) is 17.3 Å². The summed E-state index contributed by atoms with van der Waals surface area (Å²) in [7, 11) is 1.67. The average Bonchev–Trinajstić information content (AvgIpc) is 2.76. The number of carbonyl (C=O) groups is 1. The maximum atomic E-state index is 13.9. The number of nitrogens with zero attached hydrogens (tertiary/aromatic N) is 3. The summed E-state index contributed by atoms with van der Waals surface area (Å²) in [4.78, 5) is 32.8. The Morgan fingerprint density at radius 3 is 2.74 bits per heavy atom. The second-order valence-corrected chi connectivity index (χ2v) is 9.35. The zero-order valence-corrected chi connectivity index (χ0v) is 19.0. The first-order valence-electron chi connectivity index (χ1n) is 10.7. The summed E-state index contributed by atoms with van der Waals surface area (Å²) in [5, 5.41) is 0.703. The fraction of sp³-hybridized carbons (Fsp3) is 0.458. The molecule has 0 saturated carbocycles. The number of carbonyl (C=O) groups excluding carboxylic acids is 1. The molecular weight excluding hydrogens is 410 g/mol. The number of ether oxygens (including phenoxy) is 1. The van der Waals surface area contributed by atoms with Crippen LogP contribution in [0.15, 0.2) is 46.9 Å². The van der Waals surface area contributed by atoms with Crippen LogP contribution in [0.2, 0.25) is 0 Å². The number of likely N-dealkylation sites (tertiary alicyclic amines) is 1. The van der Waals surface area contributed by atoms with Crippen LogP contribution in [0.25, 0.3) is 11.3 Å². The number of thioether (sulfide) groups is 1. The molecule has 2 heterocycles. The maximum Gasteiger partial charge on any atom is 0.258 e. The number of methoxy groups -OCH3 is 1. The second kappa shape index (κ2) is 9.01. The molecule has 1 fully saturated rings. The first-order chi connectivity index (χ1) is 15.0. The number of aromatic nitrogens is 2. The first-order valence-corrected chi connectivity index (χ1v) is 11.7. The summed E-state index contributed by atoms with van der Waals surface area (Å²) in [6.45, 7) is 7.82. The van der Waals surface area contributed by atoms with E-state index >= 15 is 0 Å². The largest absolute Gasteiger partial charge is 0.384 e. The Kier molecular flexibility index (Phi) is 6.34. The number of amides is 1. The van der Waals surface area contributed by atoms with Crippen LogP contribution in [0.5, 0.6) is 0 Å². The zero-order chi connectivity index (χ0) is 22.0. The molecule has 2 aromatic rings. The quantitative estimate of drug-likeness (QED) is 0.299.